The second kappa shape index (κ2) is 8.20. The van der Waals surface area contributed by atoms with Crippen molar-refractivity contribution in [3.05, 3.63) is 58.1 Å². The van der Waals surface area contributed by atoms with Gasteiger partial charge in [-0.15, -0.1) is 0 Å². The van der Waals surface area contributed by atoms with Crippen molar-refractivity contribution in [2.45, 2.75) is 33.2 Å². The molecule has 2 rings (SSSR count). The van der Waals surface area contributed by atoms with Gasteiger partial charge in [0.25, 0.3) is 0 Å². The van der Waals surface area contributed by atoms with Crippen LogP contribution in [0.5, 0.6) is 11.5 Å². The normalized spacial score (nSPS) is 10.6. The fraction of sp³-hybridized carbons (Fsp3) is 0.333. The van der Waals surface area contributed by atoms with E-state index < -0.39 is 0 Å². The molecule has 0 aliphatic heterocycles. The quantitative estimate of drug-likeness (QED) is 0.733. The fourth-order valence-corrected chi connectivity index (χ4v) is 2.65. The van der Waals surface area contributed by atoms with Crippen molar-refractivity contribution in [3.8, 4) is 11.5 Å². The molecule has 0 saturated carbocycles. The Labute approximate surface area is 135 Å². The van der Waals surface area contributed by atoms with E-state index in [2.05, 4.69) is 59.4 Å². The molecule has 21 heavy (non-hydrogen) atoms. The molecule has 112 valence electrons. The lowest BCUT2D eigenvalue weighted by atomic mass is 10.1. The molecular weight excluding hydrogens is 326 g/mol. The highest BCUT2D eigenvalue weighted by Gasteiger charge is 2.04. The minimum atomic E-state index is 0.846. The number of hydrogen-bond acceptors (Lipinski definition) is 2. The first-order valence-corrected chi connectivity index (χ1v) is 8.28. The Morgan fingerprint density at radius 1 is 1.00 bits per heavy atom. The average molecular weight is 348 g/mol. The van der Waals surface area contributed by atoms with Gasteiger partial charge in [0.05, 0.1) is 4.47 Å². The largest absolute Gasteiger partial charge is 0.456 e. The van der Waals surface area contributed by atoms with Gasteiger partial charge in [0.1, 0.15) is 11.5 Å². The number of ether oxygens (including phenoxy) is 1. The van der Waals surface area contributed by atoms with Crippen molar-refractivity contribution in [1.82, 2.24) is 5.32 Å². The minimum Gasteiger partial charge on any atom is -0.456 e. The lowest BCUT2D eigenvalue weighted by Gasteiger charge is -2.10. The molecule has 2 aromatic carbocycles. The van der Waals surface area contributed by atoms with Gasteiger partial charge in [-0.1, -0.05) is 38.5 Å². The Kier molecular flexibility index (Phi) is 6.27. The molecule has 0 radical (unpaired) electrons. The molecule has 0 atom stereocenters. The standard InChI is InChI=1S/C18H22BrNO/c1-3-5-14-6-9-16(10-7-14)21-18-11-8-15(12-17(18)19)13-20-4-2/h6-12,20H,3-5,13H2,1-2H3. The van der Waals surface area contributed by atoms with Crippen LogP contribution in [0, 0.1) is 0 Å². The van der Waals surface area contributed by atoms with Gasteiger partial charge < -0.3 is 10.1 Å². The molecule has 3 heteroatoms. The maximum atomic E-state index is 5.93. The molecular formula is C18H22BrNO. The summed E-state index contributed by atoms with van der Waals surface area (Å²) in [5.74, 6) is 1.72. The predicted octanol–water partition coefficient (Wildman–Crippen LogP) is 5.30. The number of hydrogen-bond donors (Lipinski definition) is 1. The SMILES string of the molecule is CCCc1ccc(Oc2ccc(CNCC)cc2Br)cc1. The fourth-order valence-electron chi connectivity index (χ4n) is 2.15. The predicted molar refractivity (Wildman–Crippen MR) is 92.0 cm³/mol. The molecule has 0 heterocycles. The number of halogens is 1. The van der Waals surface area contributed by atoms with E-state index in [4.69, 9.17) is 4.74 Å². The van der Waals surface area contributed by atoms with Crippen LogP contribution in [0.4, 0.5) is 0 Å². The summed E-state index contributed by atoms with van der Waals surface area (Å²) in [6.45, 7) is 6.15. The van der Waals surface area contributed by atoms with E-state index in [9.17, 15) is 0 Å². The van der Waals surface area contributed by atoms with Crippen molar-refractivity contribution in [1.29, 1.82) is 0 Å². The summed E-state index contributed by atoms with van der Waals surface area (Å²) < 4.78 is 6.92. The number of rotatable bonds is 7. The van der Waals surface area contributed by atoms with Crippen LogP contribution in [0.15, 0.2) is 46.9 Å². The Bertz CT molecular complexity index is 566. The Morgan fingerprint density at radius 2 is 1.71 bits per heavy atom. The maximum Gasteiger partial charge on any atom is 0.141 e. The summed E-state index contributed by atoms with van der Waals surface area (Å²) in [6.07, 6.45) is 2.28. The zero-order chi connectivity index (χ0) is 15.1. The van der Waals surface area contributed by atoms with Gasteiger partial charge in [-0.25, -0.2) is 0 Å². The summed E-state index contributed by atoms with van der Waals surface area (Å²) in [5.41, 5.74) is 2.60. The van der Waals surface area contributed by atoms with Gasteiger partial charge in [-0.2, -0.15) is 0 Å². The first-order chi connectivity index (χ1) is 10.2. The summed E-state index contributed by atoms with van der Waals surface area (Å²) in [5, 5.41) is 3.32. The average Bonchev–Trinajstić information content (AvgIpc) is 2.50. The third-order valence-electron chi connectivity index (χ3n) is 3.27. The molecule has 0 fully saturated rings. The van der Waals surface area contributed by atoms with E-state index >= 15 is 0 Å². The van der Waals surface area contributed by atoms with Crippen LogP contribution in [0.3, 0.4) is 0 Å². The zero-order valence-electron chi connectivity index (χ0n) is 12.7. The van der Waals surface area contributed by atoms with Gasteiger partial charge >= 0.3 is 0 Å². The van der Waals surface area contributed by atoms with Crippen LogP contribution in [-0.4, -0.2) is 6.54 Å². The molecule has 0 spiro atoms. The first-order valence-electron chi connectivity index (χ1n) is 7.49. The zero-order valence-corrected chi connectivity index (χ0v) is 14.2. The molecule has 0 amide bonds. The highest BCUT2D eigenvalue weighted by Crippen LogP contribution is 2.30. The lowest BCUT2D eigenvalue weighted by molar-refractivity contribution is 0.479. The van der Waals surface area contributed by atoms with Gasteiger partial charge in [0.2, 0.25) is 0 Å². The van der Waals surface area contributed by atoms with E-state index in [0.717, 1.165) is 35.5 Å². The highest BCUT2D eigenvalue weighted by molar-refractivity contribution is 9.10. The van der Waals surface area contributed by atoms with Crippen molar-refractivity contribution in [2.24, 2.45) is 0 Å². The molecule has 0 saturated heterocycles. The van der Waals surface area contributed by atoms with Gasteiger partial charge in [-0.3, -0.25) is 0 Å². The van der Waals surface area contributed by atoms with E-state index in [1.807, 2.05) is 18.2 Å². The molecule has 0 aliphatic carbocycles. The van der Waals surface area contributed by atoms with E-state index in [1.54, 1.807) is 0 Å². The van der Waals surface area contributed by atoms with Crippen LogP contribution >= 0.6 is 15.9 Å². The van der Waals surface area contributed by atoms with E-state index in [-0.39, 0.29) is 0 Å². The van der Waals surface area contributed by atoms with Crippen molar-refractivity contribution in [3.63, 3.8) is 0 Å². The van der Waals surface area contributed by atoms with E-state index in [1.165, 1.54) is 17.5 Å². The second-order valence-corrected chi connectivity index (χ2v) is 5.90. The van der Waals surface area contributed by atoms with Gasteiger partial charge in [-0.05, 0) is 64.3 Å². The summed E-state index contributed by atoms with van der Waals surface area (Å²) in [7, 11) is 0. The number of aryl methyl sites for hydroxylation is 1. The molecule has 2 aromatic rings. The Hall–Kier alpha value is -1.32. The maximum absolute atomic E-state index is 5.93. The third-order valence-corrected chi connectivity index (χ3v) is 3.88. The monoisotopic (exact) mass is 347 g/mol. The highest BCUT2D eigenvalue weighted by atomic mass is 79.9. The van der Waals surface area contributed by atoms with E-state index in [0.29, 0.717) is 0 Å². The van der Waals surface area contributed by atoms with Crippen molar-refractivity contribution in [2.75, 3.05) is 6.54 Å². The Morgan fingerprint density at radius 3 is 2.33 bits per heavy atom. The molecule has 0 bridgehead atoms. The number of nitrogens with one attached hydrogen (secondary N) is 1. The van der Waals surface area contributed by atoms with Crippen LogP contribution < -0.4 is 10.1 Å². The molecule has 1 N–H and O–H groups in total. The van der Waals surface area contributed by atoms with Crippen LogP contribution in [0.1, 0.15) is 31.4 Å². The number of benzene rings is 2. The Balaban J connectivity index is 2.05. The molecule has 0 aliphatic rings. The summed E-state index contributed by atoms with van der Waals surface area (Å²) in [4.78, 5) is 0. The topological polar surface area (TPSA) is 21.3 Å². The molecule has 0 unspecified atom stereocenters. The van der Waals surface area contributed by atoms with Crippen LogP contribution in [0.2, 0.25) is 0 Å². The summed E-state index contributed by atoms with van der Waals surface area (Å²) >= 11 is 3.58. The van der Waals surface area contributed by atoms with Gasteiger partial charge in [0.15, 0.2) is 0 Å². The smallest absolute Gasteiger partial charge is 0.141 e. The first kappa shape index (κ1) is 16.1. The van der Waals surface area contributed by atoms with Crippen molar-refractivity contribution < 1.29 is 4.74 Å². The third kappa shape index (κ3) is 4.87. The minimum absolute atomic E-state index is 0.846. The molecule has 0 aromatic heterocycles. The molecule has 2 nitrogen and oxygen atoms in total. The lowest BCUT2D eigenvalue weighted by Crippen LogP contribution is -2.11. The second-order valence-electron chi connectivity index (χ2n) is 5.04. The summed E-state index contributed by atoms with van der Waals surface area (Å²) in [6, 6.07) is 14.5. The van der Waals surface area contributed by atoms with Crippen LogP contribution in [0.25, 0.3) is 0 Å². The van der Waals surface area contributed by atoms with Crippen LogP contribution in [-0.2, 0) is 13.0 Å². The van der Waals surface area contributed by atoms with Crippen molar-refractivity contribution >= 4 is 15.9 Å². The van der Waals surface area contributed by atoms with Gasteiger partial charge in [0, 0.05) is 6.54 Å².